The van der Waals surface area contributed by atoms with E-state index < -0.39 is 17.9 Å². The van der Waals surface area contributed by atoms with Crippen LogP contribution in [0.2, 0.25) is 0 Å². The lowest BCUT2D eigenvalue weighted by Crippen LogP contribution is -2.54. The number of carbonyl (C=O) groups excluding carboxylic acids is 3. The van der Waals surface area contributed by atoms with E-state index in [1.54, 1.807) is 10.9 Å². The zero-order valence-corrected chi connectivity index (χ0v) is 20.7. The second-order valence-corrected chi connectivity index (χ2v) is 8.93. The summed E-state index contributed by atoms with van der Waals surface area (Å²) in [6.07, 6.45) is 1.78. The van der Waals surface area contributed by atoms with E-state index >= 15 is 0 Å². The second kappa shape index (κ2) is 11.8. The lowest BCUT2D eigenvalue weighted by Gasteiger charge is -2.22. The summed E-state index contributed by atoms with van der Waals surface area (Å²) in [4.78, 5) is 38.6. The first-order chi connectivity index (χ1) is 17.9. The average Bonchev–Trinajstić information content (AvgIpc) is 3.37. The van der Waals surface area contributed by atoms with Crippen LogP contribution >= 0.6 is 0 Å². The van der Waals surface area contributed by atoms with Gasteiger partial charge in [0.15, 0.2) is 0 Å². The SMILES string of the molecule is CC(C)[C@H](NC(=O)Cc1ccccc1)C(=O)NNC(=O)c1cn(-c2ccccc2)nc1-c1ccccc1. The molecule has 0 unspecified atom stereocenters. The van der Waals surface area contributed by atoms with Crippen LogP contribution in [0.5, 0.6) is 0 Å². The third kappa shape index (κ3) is 6.49. The zero-order valence-electron chi connectivity index (χ0n) is 20.7. The average molecular weight is 496 g/mol. The minimum absolute atomic E-state index is 0.156. The summed E-state index contributed by atoms with van der Waals surface area (Å²) in [6, 6.07) is 27.3. The lowest BCUT2D eigenvalue weighted by atomic mass is 10.0. The summed E-state index contributed by atoms with van der Waals surface area (Å²) < 4.78 is 1.62. The van der Waals surface area contributed by atoms with Crippen molar-refractivity contribution in [3.05, 3.63) is 108 Å². The molecule has 8 nitrogen and oxygen atoms in total. The summed E-state index contributed by atoms with van der Waals surface area (Å²) in [5.74, 6) is -1.51. The fourth-order valence-corrected chi connectivity index (χ4v) is 3.87. The van der Waals surface area contributed by atoms with Crippen molar-refractivity contribution >= 4 is 17.7 Å². The van der Waals surface area contributed by atoms with Gasteiger partial charge in [0.25, 0.3) is 11.8 Å². The second-order valence-electron chi connectivity index (χ2n) is 8.93. The number of hydrogen-bond acceptors (Lipinski definition) is 4. The van der Waals surface area contributed by atoms with Gasteiger partial charge in [0.1, 0.15) is 11.7 Å². The van der Waals surface area contributed by atoms with Gasteiger partial charge < -0.3 is 5.32 Å². The van der Waals surface area contributed by atoms with Crippen molar-refractivity contribution in [1.82, 2.24) is 25.9 Å². The number of nitrogens with zero attached hydrogens (tertiary/aromatic N) is 2. The first kappa shape index (κ1) is 25.4. The molecule has 0 aliphatic carbocycles. The highest BCUT2D eigenvalue weighted by molar-refractivity contribution is 6.01. The van der Waals surface area contributed by atoms with E-state index in [1.807, 2.05) is 105 Å². The Morgan fingerprint density at radius 3 is 2.03 bits per heavy atom. The molecule has 0 bridgehead atoms. The first-order valence-electron chi connectivity index (χ1n) is 12.1. The maximum atomic E-state index is 13.2. The van der Waals surface area contributed by atoms with Crippen molar-refractivity contribution in [2.75, 3.05) is 0 Å². The molecule has 0 radical (unpaired) electrons. The number of aromatic nitrogens is 2. The predicted molar refractivity (Wildman–Crippen MR) is 142 cm³/mol. The van der Waals surface area contributed by atoms with Crippen molar-refractivity contribution in [3.8, 4) is 16.9 Å². The molecular weight excluding hydrogens is 466 g/mol. The highest BCUT2D eigenvalue weighted by Gasteiger charge is 2.26. The normalized spacial score (nSPS) is 11.5. The highest BCUT2D eigenvalue weighted by Crippen LogP contribution is 2.23. The molecule has 4 aromatic rings. The third-order valence-electron chi connectivity index (χ3n) is 5.80. The summed E-state index contributed by atoms with van der Waals surface area (Å²) in [5.41, 5.74) is 8.14. The molecule has 4 rings (SSSR count). The smallest absolute Gasteiger partial charge is 0.273 e. The Morgan fingerprint density at radius 1 is 0.811 bits per heavy atom. The molecular formula is C29H29N5O3. The molecule has 0 aliphatic heterocycles. The maximum absolute atomic E-state index is 13.2. The van der Waals surface area contributed by atoms with Gasteiger partial charge in [-0.05, 0) is 23.6 Å². The van der Waals surface area contributed by atoms with Crippen molar-refractivity contribution in [2.24, 2.45) is 5.92 Å². The van der Waals surface area contributed by atoms with Crippen LogP contribution in [0, 0.1) is 5.92 Å². The van der Waals surface area contributed by atoms with Crippen LogP contribution in [-0.2, 0) is 16.0 Å². The standard InChI is InChI=1S/C29H29N5O3/c1-20(2)26(30-25(35)18-21-12-6-3-7-13-21)29(37)32-31-28(36)24-19-34(23-16-10-5-11-17-23)33-27(24)22-14-8-4-9-15-22/h3-17,19-20,26H,18H2,1-2H3,(H,30,35)(H,31,36)(H,32,37)/t26-/m0/s1. The molecule has 1 aromatic heterocycles. The number of para-hydroxylation sites is 1. The third-order valence-corrected chi connectivity index (χ3v) is 5.80. The number of rotatable bonds is 8. The summed E-state index contributed by atoms with van der Waals surface area (Å²) in [5, 5.41) is 7.40. The van der Waals surface area contributed by atoms with Crippen molar-refractivity contribution < 1.29 is 14.4 Å². The molecule has 3 amide bonds. The van der Waals surface area contributed by atoms with Crippen LogP contribution in [0.3, 0.4) is 0 Å². The van der Waals surface area contributed by atoms with Crippen LogP contribution in [0.1, 0.15) is 29.8 Å². The zero-order chi connectivity index (χ0) is 26.2. The number of hydrogen-bond donors (Lipinski definition) is 3. The molecule has 3 N–H and O–H groups in total. The first-order valence-corrected chi connectivity index (χ1v) is 12.1. The van der Waals surface area contributed by atoms with Crippen LogP contribution in [0.15, 0.2) is 97.2 Å². The quantitative estimate of drug-likeness (QED) is 0.324. The number of nitrogens with one attached hydrogen (secondary N) is 3. The molecule has 188 valence electrons. The minimum atomic E-state index is -0.822. The van der Waals surface area contributed by atoms with Gasteiger partial charge in [-0.1, -0.05) is 92.7 Å². The van der Waals surface area contributed by atoms with Gasteiger partial charge in [-0.3, -0.25) is 25.2 Å². The van der Waals surface area contributed by atoms with Gasteiger partial charge in [0, 0.05) is 11.8 Å². The van der Waals surface area contributed by atoms with Crippen molar-refractivity contribution in [2.45, 2.75) is 26.3 Å². The van der Waals surface area contributed by atoms with E-state index in [0.29, 0.717) is 11.3 Å². The van der Waals surface area contributed by atoms with Gasteiger partial charge in [-0.15, -0.1) is 0 Å². The molecule has 1 heterocycles. The molecule has 8 heteroatoms. The van der Waals surface area contributed by atoms with Crippen LogP contribution < -0.4 is 16.2 Å². The fraction of sp³-hybridized carbons (Fsp3) is 0.172. The molecule has 37 heavy (non-hydrogen) atoms. The largest absolute Gasteiger partial charge is 0.344 e. The van der Waals surface area contributed by atoms with Gasteiger partial charge >= 0.3 is 0 Å². The summed E-state index contributed by atoms with van der Waals surface area (Å²) >= 11 is 0. The number of carbonyl (C=O) groups is 3. The Bertz CT molecular complexity index is 1350. The van der Waals surface area contributed by atoms with E-state index in [2.05, 4.69) is 21.3 Å². The lowest BCUT2D eigenvalue weighted by molar-refractivity contribution is -0.130. The van der Waals surface area contributed by atoms with Gasteiger partial charge in [0.05, 0.1) is 17.7 Å². The Morgan fingerprint density at radius 2 is 1.41 bits per heavy atom. The van der Waals surface area contributed by atoms with Crippen LogP contribution in [0.4, 0.5) is 0 Å². The van der Waals surface area contributed by atoms with E-state index in [0.717, 1.165) is 16.8 Å². The Labute approximate surface area is 215 Å². The summed E-state index contributed by atoms with van der Waals surface area (Å²) in [7, 11) is 0. The summed E-state index contributed by atoms with van der Waals surface area (Å²) in [6.45, 7) is 3.65. The molecule has 0 aliphatic rings. The van der Waals surface area contributed by atoms with E-state index in [-0.39, 0.29) is 18.2 Å². The molecule has 0 fully saturated rings. The number of hydrazine groups is 1. The Kier molecular flexibility index (Phi) is 8.10. The topological polar surface area (TPSA) is 105 Å². The van der Waals surface area contributed by atoms with Gasteiger partial charge in [-0.25, -0.2) is 4.68 Å². The van der Waals surface area contributed by atoms with Gasteiger partial charge in [0.2, 0.25) is 5.91 Å². The number of amides is 3. The number of benzene rings is 3. The highest BCUT2D eigenvalue weighted by atomic mass is 16.2. The predicted octanol–water partition coefficient (Wildman–Crippen LogP) is 3.68. The molecule has 0 saturated carbocycles. The Balaban J connectivity index is 1.47. The molecule has 3 aromatic carbocycles. The fourth-order valence-electron chi connectivity index (χ4n) is 3.87. The Hall–Kier alpha value is -4.72. The maximum Gasteiger partial charge on any atom is 0.273 e. The molecule has 1 atom stereocenters. The minimum Gasteiger partial charge on any atom is -0.344 e. The molecule has 0 spiro atoms. The van der Waals surface area contributed by atoms with Gasteiger partial charge in [-0.2, -0.15) is 5.10 Å². The van der Waals surface area contributed by atoms with Crippen molar-refractivity contribution in [3.63, 3.8) is 0 Å². The van der Waals surface area contributed by atoms with E-state index in [4.69, 9.17) is 0 Å². The van der Waals surface area contributed by atoms with Crippen LogP contribution in [-0.4, -0.2) is 33.5 Å². The van der Waals surface area contributed by atoms with Crippen molar-refractivity contribution in [1.29, 1.82) is 0 Å². The van der Waals surface area contributed by atoms with Crippen LogP contribution in [0.25, 0.3) is 16.9 Å². The molecule has 0 saturated heterocycles. The van der Waals surface area contributed by atoms with E-state index in [1.165, 1.54) is 0 Å². The monoisotopic (exact) mass is 495 g/mol. The van der Waals surface area contributed by atoms with E-state index in [9.17, 15) is 14.4 Å².